The maximum absolute atomic E-state index is 13.1. The van der Waals surface area contributed by atoms with E-state index in [-0.39, 0.29) is 34.7 Å². The van der Waals surface area contributed by atoms with E-state index in [0.717, 1.165) is 56.1 Å². The second kappa shape index (κ2) is 10.4. The molecule has 1 aromatic heterocycles. The van der Waals surface area contributed by atoms with Crippen LogP contribution in [0.1, 0.15) is 69.3 Å². The molecule has 0 amide bonds. The molecular weight excluding hydrogens is 486 g/mol. The van der Waals surface area contributed by atoms with Crippen molar-refractivity contribution in [1.82, 2.24) is 4.31 Å². The highest BCUT2D eigenvalue weighted by Gasteiger charge is 2.57. The molecular formula is C30H41NO5S. The summed E-state index contributed by atoms with van der Waals surface area (Å²) in [5.41, 5.74) is 2.81. The van der Waals surface area contributed by atoms with Crippen LogP contribution in [-0.2, 0) is 32.5 Å². The number of hydrogen-bond donors (Lipinski definition) is 0. The number of allylic oxidation sites excluding steroid dienone is 1. The molecule has 2 aromatic rings. The fourth-order valence-electron chi connectivity index (χ4n) is 7.17. The highest BCUT2D eigenvalue weighted by molar-refractivity contribution is 7.89. The number of rotatable bonds is 8. The predicted molar refractivity (Wildman–Crippen MR) is 144 cm³/mol. The second-order valence-corrected chi connectivity index (χ2v) is 13.6. The Hall–Kier alpha value is -2.38. The maximum atomic E-state index is 13.1. The van der Waals surface area contributed by atoms with E-state index in [2.05, 4.69) is 20.4 Å². The lowest BCUT2D eigenvalue weighted by Gasteiger charge is -2.57. The van der Waals surface area contributed by atoms with Crippen LogP contribution in [0.2, 0.25) is 0 Å². The summed E-state index contributed by atoms with van der Waals surface area (Å²) in [5, 5.41) is 0. The van der Waals surface area contributed by atoms with E-state index in [1.54, 1.807) is 37.6 Å². The smallest absolute Gasteiger partial charge is 0.311 e. The van der Waals surface area contributed by atoms with Gasteiger partial charge < -0.3 is 9.15 Å². The first-order valence-corrected chi connectivity index (χ1v) is 14.7. The Kier molecular flexibility index (Phi) is 7.78. The van der Waals surface area contributed by atoms with E-state index in [1.165, 1.54) is 17.0 Å². The Morgan fingerprint density at radius 1 is 1.19 bits per heavy atom. The summed E-state index contributed by atoms with van der Waals surface area (Å²) >= 11 is 0. The molecule has 0 N–H and O–H groups in total. The van der Waals surface area contributed by atoms with Gasteiger partial charge in [-0.05, 0) is 93.4 Å². The fraction of sp³-hybridized carbons (Fsp3) is 0.567. The van der Waals surface area contributed by atoms with Crippen molar-refractivity contribution in [2.24, 2.45) is 22.7 Å². The lowest BCUT2D eigenvalue weighted by molar-refractivity contribution is -0.168. The second-order valence-electron chi connectivity index (χ2n) is 11.6. The Balaban J connectivity index is 1.50. The van der Waals surface area contributed by atoms with E-state index >= 15 is 0 Å². The van der Waals surface area contributed by atoms with Crippen LogP contribution in [0.3, 0.4) is 0 Å². The molecule has 1 heterocycles. The van der Waals surface area contributed by atoms with Crippen LogP contribution in [-0.4, -0.2) is 32.8 Å². The molecule has 0 spiro atoms. The van der Waals surface area contributed by atoms with Crippen molar-refractivity contribution in [1.29, 1.82) is 0 Å². The van der Waals surface area contributed by atoms with E-state index < -0.39 is 15.4 Å². The molecule has 0 unspecified atom stereocenters. The number of benzene rings is 1. The van der Waals surface area contributed by atoms with E-state index in [0.29, 0.717) is 5.76 Å². The molecule has 2 saturated carbocycles. The minimum atomic E-state index is -3.63. The first kappa shape index (κ1) is 27.6. The Labute approximate surface area is 222 Å². The lowest BCUT2D eigenvalue weighted by atomic mass is 9.46. The van der Waals surface area contributed by atoms with Gasteiger partial charge in [0.25, 0.3) is 0 Å². The number of sulfonamides is 1. The van der Waals surface area contributed by atoms with E-state index in [1.807, 2.05) is 13.0 Å². The van der Waals surface area contributed by atoms with Crippen molar-refractivity contribution in [3.05, 3.63) is 65.6 Å². The Morgan fingerprint density at radius 2 is 1.89 bits per heavy atom. The zero-order valence-electron chi connectivity index (χ0n) is 22.9. The van der Waals surface area contributed by atoms with Crippen LogP contribution in [0.25, 0.3) is 0 Å². The number of hydrogen-bond acceptors (Lipinski definition) is 5. The average Bonchev–Trinajstić information content (AvgIpc) is 3.29. The SMILES string of the molecule is C=C1CC[C@H]2[C@](C)(CCC[C@@]2(C)C(=O)OC)[C@@H]1CCc1ccoc1CN(C)S(=O)(=O)c1ccc(C)cc1. The zero-order chi connectivity index (χ0) is 27.0. The van der Waals surface area contributed by atoms with Crippen LogP contribution in [0.15, 0.2) is 58.1 Å². The molecule has 6 nitrogen and oxygen atoms in total. The van der Waals surface area contributed by atoms with Gasteiger partial charge in [-0.2, -0.15) is 4.31 Å². The molecule has 2 aliphatic carbocycles. The highest BCUT2D eigenvalue weighted by Crippen LogP contribution is 2.62. The van der Waals surface area contributed by atoms with Crippen LogP contribution in [0, 0.1) is 29.6 Å². The summed E-state index contributed by atoms with van der Waals surface area (Å²) in [6.45, 7) is 11.0. The molecule has 202 valence electrons. The van der Waals surface area contributed by atoms with Gasteiger partial charge in [-0.25, -0.2) is 8.42 Å². The van der Waals surface area contributed by atoms with Crippen molar-refractivity contribution in [3.63, 3.8) is 0 Å². The summed E-state index contributed by atoms with van der Waals surface area (Å²) < 4.78 is 38.6. The topological polar surface area (TPSA) is 76.8 Å². The number of esters is 1. The molecule has 0 saturated heterocycles. The van der Waals surface area contributed by atoms with Crippen LogP contribution < -0.4 is 0 Å². The van der Waals surface area contributed by atoms with Crippen LogP contribution in [0.4, 0.5) is 0 Å². The summed E-state index contributed by atoms with van der Waals surface area (Å²) in [4.78, 5) is 13.1. The number of methoxy groups -OCH3 is 1. The fourth-order valence-corrected chi connectivity index (χ4v) is 8.29. The van der Waals surface area contributed by atoms with Crippen molar-refractivity contribution < 1.29 is 22.4 Å². The number of aryl methyl sites for hydroxylation is 2. The minimum Gasteiger partial charge on any atom is -0.469 e. The molecule has 2 fully saturated rings. The molecule has 4 rings (SSSR count). The van der Waals surface area contributed by atoms with Gasteiger partial charge in [-0.3, -0.25) is 4.79 Å². The van der Waals surface area contributed by atoms with Gasteiger partial charge in [0.2, 0.25) is 10.0 Å². The zero-order valence-corrected chi connectivity index (χ0v) is 23.7. The van der Waals surface area contributed by atoms with Crippen molar-refractivity contribution in [3.8, 4) is 0 Å². The molecule has 7 heteroatoms. The molecule has 0 radical (unpaired) electrons. The normalized spacial score (nSPS) is 28.2. The quantitative estimate of drug-likeness (QED) is 0.298. The third-order valence-electron chi connectivity index (χ3n) is 9.31. The number of ether oxygens (including phenoxy) is 1. The number of carbonyl (C=O) groups excluding carboxylic acids is 1. The third-order valence-corrected chi connectivity index (χ3v) is 11.1. The number of furan rings is 1. The number of carbonyl (C=O) groups is 1. The summed E-state index contributed by atoms with van der Waals surface area (Å²) in [6, 6.07) is 8.85. The molecule has 2 aliphatic rings. The van der Waals surface area contributed by atoms with Gasteiger partial charge >= 0.3 is 5.97 Å². The summed E-state index contributed by atoms with van der Waals surface area (Å²) in [5.74, 6) is 1.12. The average molecular weight is 528 g/mol. The molecule has 0 bridgehead atoms. The van der Waals surface area contributed by atoms with Crippen LogP contribution >= 0.6 is 0 Å². The predicted octanol–water partition coefficient (Wildman–Crippen LogP) is 6.29. The van der Waals surface area contributed by atoms with Crippen molar-refractivity contribution >= 4 is 16.0 Å². The highest BCUT2D eigenvalue weighted by atomic mass is 32.2. The molecule has 1 aromatic carbocycles. The molecule has 4 atom stereocenters. The first-order chi connectivity index (χ1) is 17.4. The summed E-state index contributed by atoms with van der Waals surface area (Å²) in [6.07, 6.45) is 8.14. The largest absolute Gasteiger partial charge is 0.469 e. The van der Waals surface area contributed by atoms with E-state index in [4.69, 9.17) is 9.15 Å². The van der Waals surface area contributed by atoms with Crippen LogP contribution in [0.5, 0.6) is 0 Å². The monoisotopic (exact) mass is 527 g/mol. The van der Waals surface area contributed by atoms with Gasteiger partial charge in [0, 0.05) is 7.05 Å². The lowest BCUT2D eigenvalue weighted by Crippen LogP contribution is -2.53. The standard InChI is InChI=1S/C30H41NO5S/c1-21-8-12-24(13-9-21)37(33,34)31(5)20-26-23(16-19-36-26)11-14-25-22(2)10-15-27-29(25,3)17-7-18-30(27,4)28(32)35-6/h8-9,12-13,16,19,25,27H,2,7,10-11,14-15,17-18,20H2,1,3-6H3/t25-,27+,29-,30-/m1/s1. The Bertz CT molecular complexity index is 1250. The van der Waals surface area contributed by atoms with Gasteiger partial charge in [-0.15, -0.1) is 0 Å². The minimum absolute atomic E-state index is 0.0218. The molecule has 0 aliphatic heterocycles. The van der Waals surface area contributed by atoms with Crippen molar-refractivity contribution in [2.75, 3.05) is 14.2 Å². The Morgan fingerprint density at radius 3 is 2.57 bits per heavy atom. The first-order valence-electron chi connectivity index (χ1n) is 13.3. The number of fused-ring (bicyclic) bond motifs is 1. The van der Waals surface area contributed by atoms with Gasteiger partial charge in [-0.1, -0.05) is 43.2 Å². The number of nitrogens with zero attached hydrogens (tertiary/aromatic N) is 1. The molecule has 37 heavy (non-hydrogen) atoms. The van der Waals surface area contributed by atoms with Gasteiger partial charge in [0.1, 0.15) is 5.76 Å². The van der Waals surface area contributed by atoms with Crippen molar-refractivity contribution in [2.45, 2.75) is 77.2 Å². The third kappa shape index (κ3) is 5.05. The van der Waals surface area contributed by atoms with E-state index in [9.17, 15) is 13.2 Å². The van der Waals surface area contributed by atoms with Gasteiger partial charge in [0.15, 0.2) is 0 Å². The summed E-state index contributed by atoms with van der Waals surface area (Å²) in [7, 11) is -0.542. The maximum Gasteiger partial charge on any atom is 0.311 e. The van der Waals surface area contributed by atoms with Gasteiger partial charge in [0.05, 0.1) is 30.2 Å².